The van der Waals surface area contributed by atoms with Gasteiger partial charge in [0.15, 0.2) is 0 Å². The molecule has 3 nitrogen and oxygen atoms in total. The number of carbonyl (C=O) groups excluding carboxylic acids is 1. The zero-order chi connectivity index (χ0) is 14.9. The molecule has 0 aliphatic heterocycles. The molecule has 0 aliphatic carbocycles. The van der Waals surface area contributed by atoms with E-state index in [9.17, 15) is 4.79 Å². The van der Waals surface area contributed by atoms with Crippen molar-refractivity contribution >= 4 is 33.2 Å². The Kier molecular flexibility index (Phi) is 4.14. The summed E-state index contributed by atoms with van der Waals surface area (Å²) in [6.07, 6.45) is 0. The highest BCUT2D eigenvalue weighted by molar-refractivity contribution is 9.10. The quantitative estimate of drug-likeness (QED) is 0.809. The molecule has 0 bridgehead atoms. The van der Waals surface area contributed by atoms with Crippen molar-refractivity contribution in [2.75, 3.05) is 11.1 Å². The summed E-state index contributed by atoms with van der Waals surface area (Å²) in [5.74, 6) is -0.138. The molecule has 2 rings (SSSR count). The van der Waals surface area contributed by atoms with Gasteiger partial charge in [0.05, 0.1) is 0 Å². The Labute approximate surface area is 127 Å². The SMILES string of the molecule is Cc1cc(C)c(NC(=O)c2ccc(N)c(Br)c2)c(C)c1. The number of benzene rings is 2. The third-order valence-electron chi connectivity index (χ3n) is 3.18. The number of carbonyl (C=O) groups is 1. The van der Waals surface area contributed by atoms with Gasteiger partial charge in [-0.15, -0.1) is 0 Å². The van der Waals surface area contributed by atoms with E-state index in [-0.39, 0.29) is 5.91 Å². The monoisotopic (exact) mass is 332 g/mol. The van der Waals surface area contributed by atoms with Crippen LogP contribution in [0, 0.1) is 20.8 Å². The molecule has 0 heterocycles. The predicted molar refractivity (Wildman–Crippen MR) is 87.2 cm³/mol. The van der Waals surface area contributed by atoms with Crippen LogP contribution < -0.4 is 11.1 Å². The van der Waals surface area contributed by atoms with Crippen molar-refractivity contribution in [1.29, 1.82) is 0 Å². The number of nitrogen functional groups attached to an aromatic ring is 1. The van der Waals surface area contributed by atoms with Crippen molar-refractivity contribution in [3.05, 3.63) is 57.1 Å². The average Bonchev–Trinajstić information content (AvgIpc) is 2.36. The second kappa shape index (κ2) is 5.67. The number of hydrogen-bond donors (Lipinski definition) is 2. The largest absolute Gasteiger partial charge is 0.398 e. The van der Waals surface area contributed by atoms with Gasteiger partial charge in [-0.1, -0.05) is 17.7 Å². The molecule has 0 fully saturated rings. The van der Waals surface area contributed by atoms with Crippen LogP contribution in [0.2, 0.25) is 0 Å². The molecule has 2 aromatic rings. The third kappa shape index (κ3) is 3.02. The molecular formula is C16H17BrN2O. The summed E-state index contributed by atoms with van der Waals surface area (Å²) in [5, 5.41) is 2.97. The van der Waals surface area contributed by atoms with Crippen molar-refractivity contribution in [1.82, 2.24) is 0 Å². The second-order valence-corrected chi connectivity index (χ2v) is 5.82. The molecule has 20 heavy (non-hydrogen) atoms. The van der Waals surface area contributed by atoms with E-state index >= 15 is 0 Å². The van der Waals surface area contributed by atoms with Crippen LogP contribution in [0.25, 0.3) is 0 Å². The second-order valence-electron chi connectivity index (χ2n) is 4.96. The van der Waals surface area contributed by atoms with Gasteiger partial charge < -0.3 is 11.1 Å². The van der Waals surface area contributed by atoms with Crippen molar-refractivity contribution in [2.45, 2.75) is 20.8 Å². The minimum atomic E-state index is -0.138. The first-order chi connectivity index (χ1) is 9.38. The van der Waals surface area contributed by atoms with E-state index in [1.165, 1.54) is 5.56 Å². The van der Waals surface area contributed by atoms with Crippen molar-refractivity contribution in [3.8, 4) is 0 Å². The minimum absolute atomic E-state index is 0.138. The molecule has 104 valence electrons. The number of aryl methyl sites for hydroxylation is 3. The molecule has 0 atom stereocenters. The predicted octanol–water partition coefficient (Wildman–Crippen LogP) is 4.21. The number of rotatable bonds is 2. The average molecular weight is 333 g/mol. The number of nitrogens with one attached hydrogen (secondary N) is 1. The highest BCUT2D eigenvalue weighted by Crippen LogP contribution is 2.24. The van der Waals surface area contributed by atoms with Crippen LogP contribution in [0.4, 0.5) is 11.4 Å². The van der Waals surface area contributed by atoms with E-state index in [2.05, 4.69) is 33.4 Å². The summed E-state index contributed by atoms with van der Waals surface area (Å²) >= 11 is 3.33. The van der Waals surface area contributed by atoms with Gasteiger partial charge in [-0.3, -0.25) is 4.79 Å². The van der Waals surface area contributed by atoms with Gasteiger partial charge in [0.25, 0.3) is 5.91 Å². The lowest BCUT2D eigenvalue weighted by atomic mass is 10.0. The molecule has 0 radical (unpaired) electrons. The van der Waals surface area contributed by atoms with E-state index in [4.69, 9.17) is 5.73 Å². The maximum atomic E-state index is 12.3. The summed E-state index contributed by atoms with van der Waals surface area (Å²) < 4.78 is 0.725. The molecule has 0 saturated carbocycles. The lowest BCUT2D eigenvalue weighted by molar-refractivity contribution is 0.102. The third-order valence-corrected chi connectivity index (χ3v) is 3.86. The first-order valence-electron chi connectivity index (χ1n) is 6.32. The van der Waals surface area contributed by atoms with E-state index in [1.54, 1.807) is 18.2 Å². The Morgan fingerprint density at radius 3 is 2.25 bits per heavy atom. The Morgan fingerprint density at radius 2 is 1.70 bits per heavy atom. The molecule has 0 aromatic heterocycles. The molecule has 0 spiro atoms. The summed E-state index contributed by atoms with van der Waals surface area (Å²) in [6.45, 7) is 6.03. The lowest BCUT2D eigenvalue weighted by Crippen LogP contribution is -2.14. The van der Waals surface area contributed by atoms with Crippen molar-refractivity contribution in [2.24, 2.45) is 0 Å². The standard InChI is InChI=1S/C16H17BrN2O/c1-9-6-10(2)15(11(3)7-9)19-16(20)12-4-5-14(18)13(17)8-12/h4-8H,18H2,1-3H3,(H,19,20). The zero-order valence-corrected chi connectivity index (χ0v) is 13.3. The molecular weight excluding hydrogens is 316 g/mol. The number of halogens is 1. The van der Waals surface area contributed by atoms with Gasteiger partial charge in [-0.05, 0) is 66.0 Å². The molecule has 0 aliphatic rings. The van der Waals surface area contributed by atoms with Crippen LogP contribution in [0.3, 0.4) is 0 Å². The van der Waals surface area contributed by atoms with Gasteiger partial charge in [0.2, 0.25) is 0 Å². The normalized spacial score (nSPS) is 10.4. The summed E-state index contributed by atoms with van der Waals surface area (Å²) in [5.41, 5.74) is 11.1. The molecule has 0 unspecified atom stereocenters. The van der Waals surface area contributed by atoms with Crippen LogP contribution in [0.5, 0.6) is 0 Å². The Morgan fingerprint density at radius 1 is 1.10 bits per heavy atom. The maximum Gasteiger partial charge on any atom is 0.255 e. The highest BCUT2D eigenvalue weighted by Gasteiger charge is 2.11. The minimum Gasteiger partial charge on any atom is -0.398 e. The fourth-order valence-electron chi connectivity index (χ4n) is 2.23. The summed E-state index contributed by atoms with van der Waals surface area (Å²) in [6, 6.07) is 9.27. The summed E-state index contributed by atoms with van der Waals surface area (Å²) in [4.78, 5) is 12.3. The van der Waals surface area contributed by atoms with E-state index in [1.807, 2.05) is 20.8 Å². The van der Waals surface area contributed by atoms with Crippen LogP contribution in [0.15, 0.2) is 34.8 Å². The van der Waals surface area contributed by atoms with Crippen molar-refractivity contribution in [3.63, 3.8) is 0 Å². The number of nitrogens with two attached hydrogens (primary N) is 1. The fraction of sp³-hybridized carbons (Fsp3) is 0.188. The first-order valence-corrected chi connectivity index (χ1v) is 7.12. The molecule has 2 aromatic carbocycles. The van der Waals surface area contributed by atoms with Crippen LogP contribution >= 0.6 is 15.9 Å². The van der Waals surface area contributed by atoms with E-state index in [0.717, 1.165) is 21.3 Å². The van der Waals surface area contributed by atoms with Gasteiger partial charge in [0.1, 0.15) is 0 Å². The number of anilines is 2. The maximum absolute atomic E-state index is 12.3. The highest BCUT2D eigenvalue weighted by atomic mass is 79.9. The van der Waals surface area contributed by atoms with Crippen LogP contribution in [-0.2, 0) is 0 Å². The number of hydrogen-bond acceptors (Lipinski definition) is 2. The Hall–Kier alpha value is -1.81. The van der Waals surface area contributed by atoms with Gasteiger partial charge in [-0.2, -0.15) is 0 Å². The smallest absolute Gasteiger partial charge is 0.255 e. The topological polar surface area (TPSA) is 55.1 Å². The molecule has 4 heteroatoms. The lowest BCUT2D eigenvalue weighted by Gasteiger charge is -2.13. The number of amides is 1. The van der Waals surface area contributed by atoms with E-state index in [0.29, 0.717) is 11.3 Å². The Balaban J connectivity index is 2.30. The molecule has 0 saturated heterocycles. The first kappa shape index (κ1) is 14.6. The van der Waals surface area contributed by atoms with Crippen LogP contribution in [-0.4, -0.2) is 5.91 Å². The van der Waals surface area contributed by atoms with Crippen LogP contribution in [0.1, 0.15) is 27.0 Å². The van der Waals surface area contributed by atoms with Gasteiger partial charge >= 0.3 is 0 Å². The van der Waals surface area contributed by atoms with Crippen molar-refractivity contribution < 1.29 is 4.79 Å². The van der Waals surface area contributed by atoms with Gasteiger partial charge in [0, 0.05) is 21.4 Å². The van der Waals surface area contributed by atoms with E-state index < -0.39 is 0 Å². The molecule has 3 N–H and O–H groups in total. The summed E-state index contributed by atoms with van der Waals surface area (Å²) in [7, 11) is 0. The Bertz CT molecular complexity index is 657. The van der Waals surface area contributed by atoms with Gasteiger partial charge in [-0.25, -0.2) is 0 Å². The molecule has 1 amide bonds. The fourth-order valence-corrected chi connectivity index (χ4v) is 2.61. The zero-order valence-electron chi connectivity index (χ0n) is 11.8.